The predicted molar refractivity (Wildman–Crippen MR) is 535 cm³/mol. The van der Waals surface area contributed by atoms with Gasteiger partial charge in [0.1, 0.15) is 57.2 Å². The van der Waals surface area contributed by atoms with Crippen LogP contribution in [0.15, 0.2) is 152 Å². The molecule has 8 heterocycles. The fourth-order valence-corrected chi connectivity index (χ4v) is 20.0. The van der Waals surface area contributed by atoms with Crippen LogP contribution in [-0.2, 0) is 127 Å². The van der Waals surface area contributed by atoms with E-state index in [9.17, 15) is 19.1 Å². The van der Waals surface area contributed by atoms with E-state index in [2.05, 4.69) is 141 Å². The molecule has 3 N–H and O–H groups in total. The standard InChI is InChI=1S/C41H54FN5O5Si2.C40H53FN4O3Si2.C22H20FN5O3/c1-9-30-22-38(52-26-29-13-11-10-12-14-29)34(42)23-33(30)31-15-16-32-36(21-31)47(28-51-18-20-54(6,7)8)44-39(32)40-43-35-24-45(41(48)49-2)25-37(35)46(40)27-50-17-19-53(3,4)5;1-8-30-24-38(48-26-29-13-10-9-11-14-29)34(41)25-33(30)31-17-18-32-37(23-31)45(28-47-20-22-50(5,6)7)43-39(32)40-42-35-15-12-16-36(35)44(40)27-46-19-21-49(2,3)4;1-3-11-7-19(29)15(23)8-14(11)12-4-5-13-16(6-12)26-27-20(13)21-24-17-9-28(22(30)31-2)10-18(17)25-21/h10-16,21-23H,9,17-20,24-28H2,1-8H3;9-11,13-14,17-18,23-25H,8,12,15-16,19-22,26-28H2,1-7H3;4-8,29H,3,9-10H2,1-2H3,(H,24,25)(H,26,27). The van der Waals surface area contributed by atoms with Crippen molar-refractivity contribution < 1.29 is 65.8 Å². The van der Waals surface area contributed by atoms with Crippen molar-refractivity contribution in [2.75, 3.05) is 40.6 Å². The van der Waals surface area contributed by atoms with E-state index >= 15 is 8.78 Å². The number of aromatic nitrogens is 12. The molecule has 135 heavy (non-hydrogen) atoms. The minimum absolute atomic E-state index is 0.237. The quantitative estimate of drug-likeness (QED) is 0.0246. The number of methoxy groups -OCH3 is 2. The lowest BCUT2D eigenvalue weighted by molar-refractivity contribution is 0.0812. The molecule has 32 heteroatoms. The van der Waals surface area contributed by atoms with Crippen LogP contribution in [0.25, 0.3) is 101 Å². The third kappa shape index (κ3) is 23.5. The fraction of sp³-hybridized carbons (Fsp3) is 0.398. The second-order valence-electron chi connectivity index (χ2n) is 39.9. The summed E-state index contributed by atoms with van der Waals surface area (Å²) >= 11 is 0. The van der Waals surface area contributed by atoms with Crippen LogP contribution in [0, 0.1) is 17.5 Å². The van der Waals surface area contributed by atoms with Gasteiger partial charge in [-0.15, -0.1) is 0 Å². The van der Waals surface area contributed by atoms with Crippen molar-refractivity contribution >= 4 is 77.2 Å². The number of rotatable bonds is 35. The number of nitrogens with zero attached hydrogens (tertiary/aromatic N) is 12. The Bertz CT molecular complexity index is 6540. The zero-order valence-electron chi connectivity index (χ0n) is 80.9. The van der Waals surface area contributed by atoms with Crippen LogP contribution < -0.4 is 9.47 Å². The number of carbonyl (C=O) groups excluding carboxylic acids is 2. The molecule has 0 fully saturated rings. The van der Waals surface area contributed by atoms with E-state index in [1.807, 2.05) is 124 Å². The van der Waals surface area contributed by atoms with Crippen molar-refractivity contribution in [3.05, 3.63) is 231 Å². The van der Waals surface area contributed by atoms with Crippen LogP contribution in [-0.4, -0.2) is 159 Å². The Kier molecular flexibility index (Phi) is 30.6. The lowest BCUT2D eigenvalue weighted by Crippen LogP contribution is -2.26. The summed E-state index contributed by atoms with van der Waals surface area (Å²) in [5.74, 6) is 0.880. The highest BCUT2D eigenvalue weighted by Gasteiger charge is 2.35. The van der Waals surface area contributed by atoms with Crippen LogP contribution in [0.4, 0.5) is 22.8 Å². The molecule has 2 aliphatic heterocycles. The summed E-state index contributed by atoms with van der Waals surface area (Å²) < 4.78 is 100. The molecule has 0 bridgehead atoms. The van der Waals surface area contributed by atoms with Gasteiger partial charge in [0.2, 0.25) is 0 Å². The van der Waals surface area contributed by atoms with E-state index in [4.69, 9.17) is 58.1 Å². The summed E-state index contributed by atoms with van der Waals surface area (Å²) in [4.78, 5) is 45.5. The van der Waals surface area contributed by atoms with Crippen molar-refractivity contribution in [3.63, 3.8) is 0 Å². The molecule has 14 aromatic rings. The van der Waals surface area contributed by atoms with E-state index in [-0.39, 0.29) is 49.2 Å². The Morgan fingerprint density at radius 3 is 1.34 bits per heavy atom. The van der Waals surface area contributed by atoms with Gasteiger partial charge in [-0.3, -0.25) is 14.9 Å². The van der Waals surface area contributed by atoms with Crippen molar-refractivity contribution in [3.8, 4) is 85.2 Å². The number of aryl methyl sites for hydroxylation is 4. The number of carbonyl (C=O) groups is 2. The highest BCUT2D eigenvalue weighted by Crippen LogP contribution is 2.42. The SMILES string of the molecule is CCc1cc(O)c(F)cc1-c1ccc2c(-c3nc4c([nH]3)CN(C(=O)OC)C4)n[nH]c2c1.CCc1cc(OCc2ccccc2)c(F)cc1-c1ccc2c(-c3nc4c(n3COCC[Si](C)(C)C)CCC4)nn(COCC[Si](C)(C)C)c2c1.CCc1cc(OCc2ccccc2)c(F)cc1-c1ccc2c(-c3nc4c(n3COCC[Si](C)(C)C)CN(C(=O)OC)C4)nn(COCC[Si](C)(C)C)c2c1. The number of aromatic amines is 2. The summed E-state index contributed by atoms with van der Waals surface area (Å²) in [6.45, 7) is 40.5. The first kappa shape index (κ1) is 97.8. The number of hydrogen-bond acceptors (Lipinski definition) is 17. The number of imidazole rings is 3. The number of hydrogen-bond donors (Lipinski definition) is 3. The van der Waals surface area contributed by atoms with Gasteiger partial charge in [0.05, 0.1) is 85.4 Å². The Morgan fingerprint density at radius 2 is 0.874 bits per heavy atom. The summed E-state index contributed by atoms with van der Waals surface area (Å²) in [6, 6.07) is 51.7. The Hall–Kier alpha value is -11.8. The van der Waals surface area contributed by atoms with Gasteiger partial charge >= 0.3 is 12.2 Å². The molecule has 0 unspecified atom stereocenters. The normalized spacial score (nSPS) is 13.2. The molecule has 8 aromatic carbocycles. The van der Waals surface area contributed by atoms with Gasteiger partial charge in [0.25, 0.3) is 0 Å². The van der Waals surface area contributed by atoms with Crippen LogP contribution in [0.3, 0.4) is 0 Å². The molecule has 712 valence electrons. The maximum absolute atomic E-state index is 15.7. The van der Waals surface area contributed by atoms with Crippen molar-refractivity contribution in [1.82, 2.24) is 68.6 Å². The Morgan fingerprint density at radius 1 is 0.444 bits per heavy atom. The number of nitrogens with one attached hydrogen (secondary N) is 2. The van der Waals surface area contributed by atoms with E-state index in [1.165, 1.54) is 32.0 Å². The van der Waals surface area contributed by atoms with Gasteiger partial charge in [-0.25, -0.2) is 47.1 Å². The smallest absolute Gasteiger partial charge is 0.410 e. The Balaban J connectivity index is 0.000000159. The summed E-state index contributed by atoms with van der Waals surface area (Å²) in [5, 5.41) is 30.2. The van der Waals surface area contributed by atoms with Crippen molar-refractivity contribution in [1.29, 1.82) is 0 Å². The molecule has 1 aliphatic carbocycles. The molecule has 0 saturated heterocycles. The van der Waals surface area contributed by atoms with Gasteiger partial charge in [-0.1, -0.05) is 178 Å². The maximum atomic E-state index is 15.7. The number of amides is 2. The molecule has 6 aromatic heterocycles. The molecular formula is C103H127F3N14O11Si4. The topological polar surface area (TPSA) is 263 Å². The summed E-state index contributed by atoms with van der Waals surface area (Å²) in [7, 11) is -2.35. The molecule has 25 nitrogen and oxygen atoms in total. The zero-order chi connectivity index (χ0) is 95.8. The summed E-state index contributed by atoms with van der Waals surface area (Å²) in [6.07, 6.45) is 4.41. The number of benzene rings is 8. The van der Waals surface area contributed by atoms with E-state index in [0.717, 1.165) is 190 Å². The zero-order valence-corrected chi connectivity index (χ0v) is 84.9. The molecule has 0 spiro atoms. The molecule has 0 radical (unpaired) electrons. The van der Waals surface area contributed by atoms with Crippen LogP contribution in [0.2, 0.25) is 103 Å². The van der Waals surface area contributed by atoms with Gasteiger partial charge in [0.15, 0.2) is 52.2 Å². The number of ether oxygens (including phenoxy) is 8. The number of halogens is 3. The third-order valence-electron chi connectivity index (χ3n) is 24.8. The van der Waals surface area contributed by atoms with Crippen molar-refractivity contribution in [2.24, 2.45) is 0 Å². The molecule has 0 atom stereocenters. The van der Waals surface area contributed by atoms with E-state index in [0.29, 0.717) is 102 Å². The second kappa shape index (κ2) is 42.2. The minimum atomic E-state index is -1.31. The van der Waals surface area contributed by atoms with E-state index < -0.39 is 50.0 Å². The first-order chi connectivity index (χ1) is 64.6. The number of fused-ring (bicyclic) bond motifs is 6. The summed E-state index contributed by atoms with van der Waals surface area (Å²) in [5.41, 5.74) is 20.4. The van der Waals surface area contributed by atoms with Crippen LogP contribution in [0.5, 0.6) is 17.2 Å². The van der Waals surface area contributed by atoms with Gasteiger partial charge < -0.3 is 57.1 Å². The maximum Gasteiger partial charge on any atom is 0.410 e. The Labute approximate surface area is 792 Å². The number of aromatic hydroxyl groups is 1. The van der Waals surface area contributed by atoms with Crippen LogP contribution >= 0.6 is 0 Å². The van der Waals surface area contributed by atoms with Crippen LogP contribution in [0.1, 0.15) is 89.2 Å². The highest BCUT2D eigenvalue weighted by molar-refractivity contribution is 6.77. The molecule has 17 rings (SSSR count). The minimum Gasteiger partial charge on any atom is -0.505 e. The second-order valence-corrected chi connectivity index (χ2v) is 62.3. The molecule has 0 saturated carbocycles. The van der Waals surface area contributed by atoms with Gasteiger partial charge in [-0.2, -0.15) is 15.3 Å². The molecular weight excluding hydrogens is 1780 g/mol. The third-order valence-corrected chi connectivity index (χ3v) is 31.7. The van der Waals surface area contributed by atoms with E-state index in [1.54, 1.807) is 21.9 Å². The highest BCUT2D eigenvalue weighted by atomic mass is 28.3. The number of phenolic OH excluding ortho intramolecular Hbond substituents is 1. The molecule has 2 amide bonds. The lowest BCUT2D eigenvalue weighted by atomic mass is 9.96. The molecule has 3 aliphatic rings. The van der Waals surface area contributed by atoms with Gasteiger partial charge in [-0.05, 0) is 197 Å². The average molecular weight is 1910 g/mol. The first-order valence-electron chi connectivity index (χ1n) is 46.8. The first-order valence-corrected chi connectivity index (χ1v) is 61.7. The predicted octanol–water partition coefficient (Wildman–Crippen LogP) is 23.6. The fourth-order valence-electron chi connectivity index (χ4n) is 17.0. The van der Waals surface area contributed by atoms with Crippen molar-refractivity contribution in [2.45, 2.75) is 228 Å². The largest absolute Gasteiger partial charge is 0.505 e. The average Bonchev–Trinajstić information content (AvgIpc) is 1.60. The number of H-pyrrole nitrogens is 2. The monoisotopic (exact) mass is 1900 g/mol. The van der Waals surface area contributed by atoms with Gasteiger partial charge in [0, 0.05) is 80.6 Å². The number of phenols is 1. The lowest BCUT2D eigenvalue weighted by Gasteiger charge is -2.18.